The summed E-state index contributed by atoms with van der Waals surface area (Å²) < 4.78 is 1.03. The third-order valence-electron chi connectivity index (χ3n) is 2.65. The Morgan fingerprint density at radius 2 is 2.05 bits per heavy atom. The molecule has 5 heteroatoms. The summed E-state index contributed by atoms with van der Waals surface area (Å²) in [5.74, 6) is 0. The number of benzene rings is 1. The summed E-state index contributed by atoms with van der Waals surface area (Å²) >= 11 is 3.43. The van der Waals surface area contributed by atoms with Gasteiger partial charge in [-0.05, 0) is 31.3 Å². The van der Waals surface area contributed by atoms with E-state index < -0.39 is 0 Å². The number of aromatic nitrogens is 1. The van der Waals surface area contributed by atoms with Crippen LogP contribution in [-0.2, 0) is 4.84 Å². The highest BCUT2D eigenvalue weighted by atomic mass is 79.9. The van der Waals surface area contributed by atoms with Gasteiger partial charge in [-0.25, -0.2) is 0 Å². The van der Waals surface area contributed by atoms with Gasteiger partial charge in [0, 0.05) is 34.5 Å². The topological polar surface area (TPSA) is 46.5 Å². The van der Waals surface area contributed by atoms with Crippen LogP contribution in [0.15, 0.2) is 58.4 Å². The van der Waals surface area contributed by atoms with Crippen molar-refractivity contribution in [2.75, 3.05) is 20.2 Å². The monoisotopic (exact) mass is 333 g/mol. The van der Waals surface area contributed by atoms with Crippen molar-refractivity contribution in [3.05, 3.63) is 64.4 Å². The molecule has 0 aliphatic rings. The SMILES string of the molecule is CNCCON=C(c1ccc(Br)cc1)c1cccnc1. The first kappa shape index (κ1) is 14.7. The van der Waals surface area contributed by atoms with Gasteiger partial charge >= 0.3 is 0 Å². The molecule has 0 amide bonds. The molecular formula is C15H16BrN3O. The van der Waals surface area contributed by atoms with Gasteiger partial charge in [0.2, 0.25) is 0 Å². The van der Waals surface area contributed by atoms with E-state index in [0.29, 0.717) is 6.61 Å². The van der Waals surface area contributed by atoms with Gasteiger partial charge in [0.25, 0.3) is 0 Å². The number of nitrogens with one attached hydrogen (secondary N) is 1. The molecule has 0 saturated heterocycles. The van der Waals surface area contributed by atoms with E-state index in [-0.39, 0.29) is 0 Å². The summed E-state index contributed by atoms with van der Waals surface area (Å²) in [5, 5.41) is 7.27. The highest BCUT2D eigenvalue weighted by Gasteiger charge is 2.08. The second-order valence-electron chi connectivity index (χ2n) is 4.13. The van der Waals surface area contributed by atoms with E-state index in [1.807, 2.05) is 43.4 Å². The van der Waals surface area contributed by atoms with Gasteiger partial charge in [-0.2, -0.15) is 0 Å². The normalized spacial score (nSPS) is 11.4. The van der Waals surface area contributed by atoms with Crippen molar-refractivity contribution in [1.82, 2.24) is 10.3 Å². The fourth-order valence-corrected chi connectivity index (χ4v) is 1.90. The van der Waals surface area contributed by atoms with Crippen molar-refractivity contribution < 1.29 is 4.84 Å². The molecule has 1 aromatic heterocycles. The van der Waals surface area contributed by atoms with Crippen LogP contribution in [0, 0.1) is 0 Å². The summed E-state index contributed by atoms with van der Waals surface area (Å²) in [6.07, 6.45) is 3.52. The maximum atomic E-state index is 5.36. The molecule has 0 aliphatic heterocycles. The zero-order valence-corrected chi connectivity index (χ0v) is 12.8. The molecule has 0 unspecified atom stereocenters. The Balaban J connectivity index is 2.27. The first-order chi connectivity index (χ1) is 9.81. The van der Waals surface area contributed by atoms with Crippen LogP contribution < -0.4 is 5.32 Å². The molecule has 4 nitrogen and oxygen atoms in total. The van der Waals surface area contributed by atoms with E-state index >= 15 is 0 Å². The Morgan fingerprint density at radius 1 is 1.25 bits per heavy atom. The zero-order valence-electron chi connectivity index (χ0n) is 11.2. The molecule has 0 saturated carbocycles. The molecule has 0 fully saturated rings. The Hall–Kier alpha value is -1.72. The van der Waals surface area contributed by atoms with E-state index in [0.717, 1.165) is 27.9 Å². The molecule has 1 heterocycles. The van der Waals surface area contributed by atoms with Gasteiger partial charge in [0.1, 0.15) is 12.3 Å². The van der Waals surface area contributed by atoms with Crippen LogP contribution in [-0.4, -0.2) is 30.9 Å². The lowest BCUT2D eigenvalue weighted by Gasteiger charge is -2.07. The summed E-state index contributed by atoms with van der Waals surface area (Å²) in [4.78, 5) is 9.50. The summed E-state index contributed by atoms with van der Waals surface area (Å²) in [5.41, 5.74) is 2.70. The van der Waals surface area contributed by atoms with Crippen molar-refractivity contribution >= 4 is 21.6 Å². The highest BCUT2D eigenvalue weighted by molar-refractivity contribution is 9.10. The van der Waals surface area contributed by atoms with Crippen molar-refractivity contribution in [3.63, 3.8) is 0 Å². The first-order valence-electron chi connectivity index (χ1n) is 6.32. The number of rotatable bonds is 6. The van der Waals surface area contributed by atoms with E-state index in [1.165, 1.54) is 0 Å². The second-order valence-corrected chi connectivity index (χ2v) is 5.04. The number of pyridine rings is 1. The van der Waals surface area contributed by atoms with Gasteiger partial charge in [0.05, 0.1) is 0 Å². The van der Waals surface area contributed by atoms with Gasteiger partial charge in [0.15, 0.2) is 0 Å². The predicted octanol–water partition coefficient (Wildman–Crippen LogP) is 2.83. The van der Waals surface area contributed by atoms with Crippen LogP contribution in [0.3, 0.4) is 0 Å². The molecule has 2 rings (SSSR count). The minimum atomic E-state index is 0.525. The van der Waals surface area contributed by atoms with E-state index in [9.17, 15) is 0 Å². The average molecular weight is 334 g/mol. The number of halogens is 1. The first-order valence-corrected chi connectivity index (χ1v) is 7.11. The lowest BCUT2D eigenvalue weighted by molar-refractivity contribution is 0.148. The van der Waals surface area contributed by atoms with E-state index in [1.54, 1.807) is 12.4 Å². The predicted molar refractivity (Wildman–Crippen MR) is 83.9 cm³/mol. The third-order valence-corrected chi connectivity index (χ3v) is 3.18. The Bertz CT molecular complexity index is 555. The molecular weight excluding hydrogens is 318 g/mol. The maximum absolute atomic E-state index is 5.36. The molecule has 0 bridgehead atoms. The fraction of sp³-hybridized carbons (Fsp3) is 0.200. The zero-order chi connectivity index (χ0) is 14.2. The minimum Gasteiger partial charge on any atom is -0.394 e. The van der Waals surface area contributed by atoms with Crippen LogP contribution in [0.4, 0.5) is 0 Å². The standard InChI is InChI=1S/C15H16BrN3O/c1-17-9-10-20-19-15(13-3-2-8-18-11-13)12-4-6-14(16)7-5-12/h2-8,11,17H,9-10H2,1H3. The van der Waals surface area contributed by atoms with Gasteiger partial charge in [-0.15, -0.1) is 0 Å². The molecule has 0 aliphatic carbocycles. The summed E-state index contributed by atoms with van der Waals surface area (Å²) in [7, 11) is 1.88. The quantitative estimate of drug-likeness (QED) is 0.502. The van der Waals surface area contributed by atoms with Crippen LogP contribution in [0.25, 0.3) is 0 Å². The Labute approximate surface area is 127 Å². The molecule has 0 atom stereocenters. The number of hydrogen-bond donors (Lipinski definition) is 1. The molecule has 0 spiro atoms. The Morgan fingerprint density at radius 3 is 2.70 bits per heavy atom. The number of oxime groups is 1. The largest absolute Gasteiger partial charge is 0.394 e. The minimum absolute atomic E-state index is 0.525. The number of nitrogens with zero attached hydrogens (tertiary/aromatic N) is 2. The summed E-state index contributed by atoms with van der Waals surface area (Å²) in [6, 6.07) is 11.8. The summed E-state index contributed by atoms with van der Waals surface area (Å²) in [6.45, 7) is 1.28. The number of hydrogen-bond acceptors (Lipinski definition) is 4. The van der Waals surface area contributed by atoms with Gasteiger partial charge < -0.3 is 10.2 Å². The molecule has 20 heavy (non-hydrogen) atoms. The lowest BCUT2D eigenvalue weighted by Crippen LogP contribution is -2.13. The van der Waals surface area contributed by atoms with Gasteiger partial charge in [-0.1, -0.05) is 33.2 Å². The molecule has 1 N–H and O–H groups in total. The van der Waals surface area contributed by atoms with Crippen molar-refractivity contribution in [2.24, 2.45) is 5.16 Å². The molecule has 1 aromatic carbocycles. The molecule has 2 aromatic rings. The van der Waals surface area contributed by atoms with E-state index in [4.69, 9.17) is 4.84 Å². The van der Waals surface area contributed by atoms with Crippen molar-refractivity contribution in [3.8, 4) is 0 Å². The van der Waals surface area contributed by atoms with E-state index in [2.05, 4.69) is 31.4 Å². The number of likely N-dealkylation sites (N-methyl/N-ethyl adjacent to an activating group) is 1. The van der Waals surface area contributed by atoms with Gasteiger partial charge in [-0.3, -0.25) is 4.98 Å². The average Bonchev–Trinajstić information content (AvgIpc) is 2.50. The third kappa shape index (κ3) is 4.15. The maximum Gasteiger partial charge on any atom is 0.129 e. The van der Waals surface area contributed by atoms with Crippen LogP contribution in [0.1, 0.15) is 11.1 Å². The lowest BCUT2D eigenvalue weighted by atomic mass is 10.0. The van der Waals surface area contributed by atoms with Crippen LogP contribution >= 0.6 is 15.9 Å². The molecule has 104 valence electrons. The van der Waals surface area contributed by atoms with Crippen LogP contribution in [0.5, 0.6) is 0 Å². The fourth-order valence-electron chi connectivity index (χ4n) is 1.64. The van der Waals surface area contributed by atoms with Crippen molar-refractivity contribution in [2.45, 2.75) is 0 Å². The Kier molecular flexibility index (Phi) is 5.70. The second kappa shape index (κ2) is 7.77. The smallest absolute Gasteiger partial charge is 0.129 e. The van der Waals surface area contributed by atoms with Crippen LogP contribution in [0.2, 0.25) is 0 Å². The molecule has 0 radical (unpaired) electrons. The van der Waals surface area contributed by atoms with Crippen molar-refractivity contribution in [1.29, 1.82) is 0 Å². The highest BCUT2D eigenvalue weighted by Crippen LogP contribution is 2.15.